The Morgan fingerprint density at radius 1 is 1.23 bits per heavy atom. The Bertz CT molecular complexity index is 260. The molecular formula is C9H13Br2NS. The molecule has 0 unspecified atom stereocenters. The SMILES string of the molecule is CCCCCCc1nc(Br)sc1Br. The Labute approximate surface area is 100 Å². The van der Waals surface area contributed by atoms with E-state index in [-0.39, 0.29) is 0 Å². The van der Waals surface area contributed by atoms with Crippen molar-refractivity contribution in [3.05, 3.63) is 13.4 Å². The van der Waals surface area contributed by atoms with E-state index in [9.17, 15) is 0 Å². The molecule has 1 nitrogen and oxygen atoms in total. The van der Waals surface area contributed by atoms with E-state index in [1.54, 1.807) is 11.3 Å². The second-order valence-electron chi connectivity index (χ2n) is 3.00. The molecule has 0 fully saturated rings. The van der Waals surface area contributed by atoms with Crippen LogP contribution in [0.1, 0.15) is 38.3 Å². The summed E-state index contributed by atoms with van der Waals surface area (Å²) < 4.78 is 2.15. The van der Waals surface area contributed by atoms with Crippen molar-refractivity contribution in [3.8, 4) is 0 Å². The van der Waals surface area contributed by atoms with Crippen LogP contribution in [0.3, 0.4) is 0 Å². The molecule has 0 atom stereocenters. The molecule has 0 bridgehead atoms. The van der Waals surface area contributed by atoms with Crippen molar-refractivity contribution in [1.82, 2.24) is 4.98 Å². The highest BCUT2D eigenvalue weighted by Gasteiger charge is 2.05. The number of aryl methyl sites for hydroxylation is 1. The lowest BCUT2D eigenvalue weighted by Gasteiger charge is -1.96. The number of halogens is 2. The summed E-state index contributed by atoms with van der Waals surface area (Å²) >= 11 is 8.55. The van der Waals surface area contributed by atoms with Crippen molar-refractivity contribution in [1.29, 1.82) is 0 Å². The lowest BCUT2D eigenvalue weighted by molar-refractivity contribution is 0.661. The Morgan fingerprint density at radius 2 is 2.00 bits per heavy atom. The van der Waals surface area contributed by atoms with E-state index in [1.165, 1.54) is 35.2 Å². The lowest BCUT2D eigenvalue weighted by atomic mass is 10.1. The van der Waals surface area contributed by atoms with Crippen molar-refractivity contribution in [2.45, 2.75) is 39.0 Å². The second-order valence-corrected chi connectivity index (χ2v) is 6.59. The van der Waals surface area contributed by atoms with Gasteiger partial charge >= 0.3 is 0 Å². The molecule has 0 spiro atoms. The number of hydrogen-bond acceptors (Lipinski definition) is 2. The smallest absolute Gasteiger partial charge is 0.160 e. The molecule has 1 aromatic rings. The van der Waals surface area contributed by atoms with Crippen LogP contribution in [0.4, 0.5) is 0 Å². The minimum absolute atomic E-state index is 0.977. The van der Waals surface area contributed by atoms with Crippen LogP contribution >= 0.6 is 43.2 Å². The summed E-state index contributed by atoms with van der Waals surface area (Å²) in [6.45, 7) is 2.23. The van der Waals surface area contributed by atoms with Gasteiger partial charge in [0.05, 0.1) is 9.48 Å². The molecule has 0 saturated heterocycles. The monoisotopic (exact) mass is 325 g/mol. The first-order valence-corrected chi connectivity index (χ1v) is 6.95. The van der Waals surface area contributed by atoms with E-state index in [0.717, 1.165) is 10.3 Å². The summed E-state index contributed by atoms with van der Waals surface area (Å²) in [5, 5.41) is 0. The summed E-state index contributed by atoms with van der Waals surface area (Å²) in [6.07, 6.45) is 6.30. The van der Waals surface area contributed by atoms with Crippen molar-refractivity contribution < 1.29 is 0 Å². The van der Waals surface area contributed by atoms with Crippen LogP contribution in [-0.4, -0.2) is 4.98 Å². The standard InChI is InChI=1S/C9H13Br2NS/c1-2-3-4-5-6-7-8(10)13-9(11)12-7/h2-6H2,1H3. The van der Waals surface area contributed by atoms with Crippen molar-refractivity contribution in [2.75, 3.05) is 0 Å². The Kier molecular flexibility index (Phi) is 5.51. The largest absolute Gasteiger partial charge is 0.233 e. The molecule has 1 rings (SSSR count). The molecule has 0 saturated carbocycles. The third-order valence-electron chi connectivity index (χ3n) is 1.89. The van der Waals surface area contributed by atoms with E-state index < -0.39 is 0 Å². The first-order chi connectivity index (χ1) is 6.24. The van der Waals surface area contributed by atoms with Crippen LogP contribution < -0.4 is 0 Å². The molecule has 74 valence electrons. The average Bonchev–Trinajstić information content (AvgIpc) is 2.39. The zero-order valence-corrected chi connectivity index (χ0v) is 11.6. The predicted molar refractivity (Wildman–Crippen MR) is 65.4 cm³/mol. The van der Waals surface area contributed by atoms with Gasteiger partial charge in [-0.2, -0.15) is 0 Å². The van der Waals surface area contributed by atoms with Gasteiger partial charge in [-0.25, -0.2) is 4.98 Å². The Hall–Kier alpha value is 0.590. The van der Waals surface area contributed by atoms with Crippen molar-refractivity contribution >= 4 is 43.2 Å². The number of unbranched alkanes of at least 4 members (excludes halogenated alkanes) is 3. The minimum atomic E-state index is 0.977. The average molecular weight is 327 g/mol. The van der Waals surface area contributed by atoms with E-state index >= 15 is 0 Å². The van der Waals surface area contributed by atoms with Crippen LogP contribution in [-0.2, 0) is 6.42 Å². The van der Waals surface area contributed by atoms with E-state index in [4.69, 9.17) is 0 Å². The van der Waals surface area contributed by atoms with Gasteiger partial charge in [0, 0.05) is 0 Å². The first kappa shape index (κ1) is 11.7. The topological polar surface area (TPSA) is 12.9 Å². The van der Waals surface area contributed by atoms with Gasteiger partial charge in [0.15, 0.2) is 3.92 Å². The molecule has 0 radical (unpaired) electrons. The lowest BCUT2D eigenvalue weighted by Crippen LogP contribution is -1.86. The van der Waals surface area contributed by atoms with Gasteiger partial charge in [0.25, 0.3) is 0 Å². The summed E-state index contributed by atoms with van der Waals surface area (Å²) in [5.41, 5.74) is 1.20. The highest BCUT2D eigenvalue weighted by atomic mass is 79.9. The van der Waals surface area contributed by atoms with Crippen LogP contribution in [0.2, 0.25) is 0 Å². The number of aromatic nitrogens is 1. The van der Waals surface area contributed by atoms with Gasteiger partial charge in [-0.05, 0) is 44.7 Å². The van der Waals surface area contributed by atoms with Gasteiger partial charge in [-0.1, -0.05) is 37.5 Å². The third kappa shape index (κ3) is 4.09. The van der Waals surface area contributed by atoms with E-state index in [0.29, 0.717) is 0 Å². The molecule has 1 heterocycles. The Morgan fingerprint density at radius 3 is 2.54 bits per heavy atom. The summed E-state index contributed by atoms with van der Waals surface area (Å²) in [4.78, 5) is 4.40. The molecule has 0 aliphatic carbocycles. The fourth-order valence-corrected chi connectivity index (χ4v) is 3.85. The quantitative estimate of drug-likeness (QED) is 0.709. The van der Waals surface area contributed by atoms with Crippen LogP contribution in [0.25, 0.3) is 0 Å². The zero-order chi connectivity index (χ0) is 9.68. The molecule has 0 amide bonds. The zero-order valence-electron chi connectivity index (χ0n) is 7.65. The van der Waals surface area contributed by atoms with Crippen LogP contribution in [0.5, 0.6) is 0 Å². The van der Waals surface area contributed by atoms with Crippen molar-refractivity contribution in [2.24, 2.45) is 0 Å². The van der Waals surface area contributed by atoms with Crippen LogP contribution in [0.15, 0.2) is 7.70 Å². The van der Waals surface area contributed by atoms with Gasteiger partial charge in [-0.15, -0.1) is 0 Å². The maximum absolute atomic E-state index is 4.40. The minimum Gasteiger partial charge on any atom is -0.233 e. The van der Waals surface area contributed by atoms with Gasteiger partial charge in [0.1, 0.15) is 0 Å². The molecular weight excluding hydrogens is 314 g/mol. The number of thiazole rings is 1. The maximum atomic E-state index is 4.40. The molecule has 0 N–H and O–H groups in total. The molecule has 13 heavy (non-hydrogen) atoms. The van der Waals surface area contributed by atoms with Gasteiger partial charge < -0.3 is 0 Å². The normalized spacial score (nSPS) is 10.7. The van der Waals surface area contributed by atoms with E-state index in [1.807, 2.05) is 0 Å². The molecule has 0 aromatic carbocycles. The molecule has 0 aliphatic heterocycles. The second kappa shape index (κ2) is 6.14. The van der Waals surface area contributed by atoms with E-state index in [2.05, 4.69) is 43.8 Å². The first-order valence-electron chi connectivity index (χ1n) is 4.54. The van der Waals surface area contributed by atoms with Crippen LogP contribution in [0, 0.1) is 0 Å². The summed E-state index contributed by atoms with van der Waals surface area (Å²) in [7, 11) is 0. The Balaban J connectivity index is 2.32. The van der Waals surface area contributed by atoms with Crippen molar-refractivity contribution in [3.63, 3.8) is 0 Å². The maximum Gasteiger partial charge on any atom is 0.160 e. The number of nitrogens with zero attached hydrogens (tertiary/aromatic N) is 1. The molecule has 0 aliphatic rings. The fraction of sp³-hybridized carbons (Fsp3) is 0.667. The third-order valence-corrected chi connectivity index (χ3v) is 4.17. The predicted octanol–water partition coefficient (Wildman–Crippen LogP) is 4.79. The molecule has 1 aromatic heterocycles. The molecule has 4 heteroatoms. The highest BCUT2D eigenvalue weighted by molar-refractivity contribution is 9.12. The highest BCUT2D eigenvalue weighted by Crippen LogP contribution is 2.29. The van der Waals surface area contributed by atoms with Gasteiger partial charge in [0.2, 0.25) is 0 Å². The summed E-state index contributed by atoms with van der Waals surface area (Å²) in [6, 6.07) is 0. The van der Waals surface area contributed by atoms with Gasteiger partial charge in [-0.3, -0.25) is 0 Å². The number of rotatable bonds is 5. The fourth-order valence-electron chi connectivity index (χ4n) is 1.18. The number of hydrogen-bond donors (Lipinski definition) is 0. The summed E-state index contributed by atoms with van der Waals surface area (Å²) in [5.74, 6) is 0.